The molecule has 1 rings (SSSR count). The number of H-pyrrole nitrogens is 1. The van der Waals surface area contributed by atoms with Crippen molar-refractivity contribution in [1.29, 1.82) is 0 Å². The molecule has 5 nitrogen and oxygen atoms in total. The van der Waals surface area contributed by atoms with Gasteiger partial charge in [-0.2, -0.15) is 0 Å². The number of anilines is 1. The number of nitrogens with one attached hydrogen (secondary N) is 2. The first-order chi connectivity index (χ1) is 7.69. The van der Waals surface area contributed by atoms with Crippen molar-refractivity contribution in [3.63, 3.8) is 0 Å². The molecular formula is C11H19N3O2. The standard InChI is InChI=1S/C11H19N3O2/c1-4-8(7-16-3)12-10-6-11(15)14-9(5-2)13-10/h6,8H,4-5,7H2,1-3H3,(H2,12,13,14,15). The van der Waals surface area contributed by atoms with Gasteiger partial charge in [-0.3, -0.25) is 4.79 Å². The zero-order valence-corrected chi connectivity index (χ0v) is 10.0. The molecule has 0 aliphatic rings. The van der Waals surface area contributed by atoms with E-state index in [1.807, 2.05) is 6.92 Å². The van der Waals surface area contributed by atoms with Gasteiger partial charge in [-0.05, 0) is 6.42 Å². The molecule has 1 aromatic rings. The molecule has 0 aliphatic heterocycles. The molecule has 0 saturated heterocycles. The van der Waals surface area contributed by atoms with Crippen LogP contribution in [-0.4, -0.2) is 29.7 Å². The minimum absolute atomic E-state index is 0.124. The fraction of sp³-hybridized carbons (Fsp3) is 0.636. The topological polar surface area (TPSA) is 67.0 Å². The molecule has 0 amide bonds. The van der Waals surface area contributed by atoms with E-state index in [0.717, 1.165) is 6.42 Å². The molecule has 0 bridgehead atoms. The van der Waals surface area contributed by atoms with Gasteiger partial charge in [-0.15, -0.1) is 0 Å². The van der Waals surface area contributed by atoms with Crippen molar-refractivity contribution in [3.8, 4) is 0 Å². The zero-order chi connectivity index (χ0) is 12.0. The lowest BCUT2D eigenvalue weighted by Gasteiger charge is -2.16. The highest BCUT2D eigenvalue weighted by atomic mass is 16.5. The molecule has 5 heteroatoms. The Labute approximate surface area is 95.3 Å². The average molecular weight is 225 g/mol. The molecular weight excluding hydrogens is 206 g/mol. The zero-order valence-electron chi connectivity index (χ0n) is 10.0. The second kappa shape index (κ2) is 6.27. The Morgan fingerprint density at radius 1 is 1.56 bits per heavy atom. The number of ether oxygens (including phenoxy) is 1. The van der Waals surface area contributed by atoms with E-state index in [1.54, 1.807) is 7.11 Å². The van der Waals surface area contributed by atoms with E-state index < -0.39 is 0 Å². The quantitative estimate of drug-likeness (QED) is 0.762. The Morgan fingerprint density at radius 3 is 2.88 bits per heavy atom. The van der Waals surface area contributed by atoms with Gasteiger partial charge in [-0.25, -0.2) is 4.98 Å². The van der Waals surface area contributed by atoms with Gasteiger partial charge in [-0.1, -0.05) is 13.8 Å². The molecule has 0 aromatic carbocycles. The lowest BCUT2D eigenvalue weighted by atomic mass is 10.2. The Bertz CT molecular complexity index is 376. The molecule has 0 saturated carbocycles. The third-order valence-corrected chi connectivity index (χ3v) is 2.34. The van der Waals surface area contributed by atoms with Gasteiger partial charge >= 0.3 is 0 Å². The van der Waals surface area contributed by atoms with Crippen LogP contribution in [0.5, 0.6) is 0 Å². The third kappa shape index (κ3) is 3.66. The maximum Gasteiger partial charge on any atom is 0.252 e. The summed E-state index contributed by atoms with van der Waals surface area (Å²) in [6.45, 7) is 4.62. The molecule has 0 radical (unpaired) electrons. The third-order valence-electron chi connectivity index (χ3n) is 2.34. The van der Waals surface area contributed by atoms with Gasteiger partial charge in [0.2, 0.25) is 0 Å². The van der Waals surface area contributed by atoms with Gasteiger partial charge in [0.15, 0.2) is 0 Å². The average Bonchev–Trinajstić information content (AvgIpc) is 2.27. The molecule has 1 heterocycles. The predicted molar refractivity (Wildman–Crippen MR) is 63.8 cm³/mol. The van der Waals surface area contributed by atoms with E-state index in [-0.39, 0.29) is 11.6 Å². The van der Waals surface area contributed by atoms with Crippen LogP contribution in [-0.2, 0) is 11.2 Å². The Morgan fingerprint density at radius 2 is 2.31 bits per heavy atom. The highest BCUT2D eigenvalue weighted by Gasteiger charge is 2.07. The summed E-state index contributed by atoms with van der Waals surface area (Å²) in [5, 5.41) is 3.19. The van der Waals surface area contributed by atoms with E-state index in [0.29, 0.717) is 24.7 Å². The van der Waals surface area contributed by atoms with Crippen molar-refractivity contribution >= 4 is 5.82 Å². The van der Waals surface area contributed by atoms with Crippen molar-refractivity contribution < 1.29 is 4.74 Å². The maximum atomic E-state index is 11.3. The molecule has 1 atom stereocenters. The van der Waals surface area contributed by atoms with Crippen molar-refractivity contribution in [3.05, 3.63) is 22.2 Å². The molecule has 1 unspecified atom stereocenters. The van der Waals surface area contributed by atoms with Crippen molar-refractivity contribution in [2.75, 3.05) is 19.0 Å². The van der Waals surface area contributed by atoms with E-state index in [4.69, 9.17) is 4.74 Å². The highest BCUT2D eigenvalue weighted by molar-refractivity contribution is 5.34. The highest BCUT2D eigenvalue weighted by Crippen LogP contribution is 2.04. The number of aryl methyl sites for hydroxylation is 1. The molecule has 0 spiro atoms. The van der Waals surface area contributed by atoms with E-state index in [2.05, 4.69) is 22.2 Å². The van der Waals surface area contributed by atoms with Crippen molar-refractivity contribution in [2.24, 2.45) is 0 Å². The number of hydrogen-bond donors (Lipinski definition) is 2. The number of aromatic nitrogens is 2. The molecule has 0 fully saturated rings. The van der Waals surface area contributed by atoms with E-state index in [1.165, 1.54) is 6.07 Å². The lowest BCUT2D eigenvalue weighted by molar-refractivity contribution is 0.184. The van der Waals surface area contributed by atoms with Crippen LogP contribution in [0.3, 0.4) is 0 Å². The van der Waals surface area contributed by atoms with Crippen LogP contribution < -0.4 is 10.9 Å². The summed E-state index contributed by atoms with van der Waals surface area (Å²) in [7, 11) is 1.66. The first-order valence-electron chi connectivity index (χ1n) is 5.55. The summed E-state index contributed by atoms with van der Waals surface area (Å²) in [5.41, 5.74) is -0.124. The van der Waals surface area contributed by atoms with Gasteiger partial charge in [0, 0.05) is 19.6 Å². The van der Waals surface area contributed by atoms with Crippen LogP contribution >= 0.6 is 0 Å². The molecule has 2 N–H and O–H groups in total. The van der Waals surface area contributed by atoms with Crippen molar-refractivity contribution in [2.45, 2.75) is 32.7 Å². The number of hydrogen-bond acceptors (Lipinski definition) is 4. The maximum absolute atomic E-state index is 11.3. The van der Waals surface area contributed by atoms with Crippen LogP contribution in [0, 0.1) is 0 Å². The lowest BCUT2D eigenvalue weighted by Crippen LogP contribution is -2.26. The van der Waals surface area contributed by atoms with Gasteiger partial charge in [0.05, 0.1) is 12.6 Å². The van der Waals surface area contributed by atoms with Crippen LogP contribution in [0.25, 0.3) is 0 Å². The second-order valence-corrected chi connectivity index (χ2v) is 3.64. The second-order valence-electron chi connectivity index (χ2n) is 3.64. The Balaban J connectivity index is 2.79. The van der Waals surface area contributed by atoms with Crippen LogP contribution in [0.1, 0.15) is 26.1 Å². The van der Waals surface area contributed by atoms with Crippen LogP contribution in [0.15, 0.2) is 10.9 Å². The summed E-state index contributed by atoms with van der Waals surface area (Å²) in [4.78, 5) is 18.3. The van der Waals surface area contributed by atoms with Gasteiger partial charge in [0.1, 0.15) is 11.6 Å². The molecule has 1 aromatic heterocycles. The first kappa shape index (κ1) is 12.7. The van der Waals surface area contributed by atoms with Crippen LogP contribution in [0.2, 0.25) is 0 Å². The SMILES string of the molecule is CCc1nc(NC(CC)COC)cc(=O)[nH]1. The fourth-order valence-electron chi connectivity index (χ4n) is 1.42. The minimum atomic E-state index is -0.124. The predicted octanol–water partition coefficient (Wildman–Crippen LogP) is 1.17. The van der Waals surface area contributed by atoms with Gasteiger partial charge in [0.25, 0.3) is 5.56 Å². The molecule has 0 aliphatic carbocycles. The smallest absolute Gasteiger partial charge is 0.252 e. The number of methoxy groups -OCH3 is 1. The summed E-state index contributed by atoms with van der Waals surface area (Å²) < 4.78 is 5.08. The Hall–Kier alpha value is -1.36. The summed E-state index contributed by atoms with van der Waals surface area (Å²) in [5.74, 6) is 1.31. The minimum Gasteiger partial charge on any atom is -0.383 e. The number of nitrogens with zero attached hydrogens (tertiary/aromatic N) is 1. The summed E-state index contributed by atoms with van der Waals surface area (Å²) in [6.07, 6.45) is 1.63. The monoisotopic (exact) mass is 225 g/mol. The first-order valence-corrected chi connectivity index (χ1v) is 5.55. The fourth-order valence-corrected chi connectivity index (χ4v) is 1.42. The largest absolute Gasteiger partial charge is 0.383 e. The Kier molecular flexibility index (Phi) is 4.98. The van der Waals surface area contributed by atoms with Crippen LogP contribution in [0.4, 0.5) is 5.82 Å². The molecule has 90 valence electrons. The summed E-state index contributed by atoms with van der Waals surface area (Å²) >= 11 is 0. The normalized spacial score (nSPS) is 12.4. The van der Waals surface area contributed by atoms with E-state index >= 15 is 0 Å². The molecule has 16 heavy (non-hydrogen) atoms. The number of rotatable bonds is 6. The van der Waals surface area contributed by atoms with E-state index in [9.17, 15) is 4.79 Å². The van der Waals surface area contributed by atoms with Crippen molar-refractivity contribution in [1.82, 2.24) is 9.97 Å². The number of aromatic amines is 1. The summed E-state index contributed by atoms with van der Waals surface area (Å²) in [6, 6.07) is 1.65. The van der Waals surface area contributed by atoms with Gasteiger partial charge < -0.3 is 15.0 Å².